The van der Waals surface area contributed by atoms with Crippen LogP contribution >= 0.6 is 0 Å². The van der Waals surface area contributed by atoms with Crippen molar-refractivity contribution in [2.45, 2.75) is 174 Å². The molecular formula is C45H73N9O18. The standard InChI is InChI=1S/C45H73N9O18/c1-20(2)33(52-42(68)34(21(3)4)50-39(65)26(13-17-31(59)60)47-37(63)24(46)11-15-29(55)56)41(67)49-25(12-16-30(57)58)38(64)48-27(14-18-32(61)62)40(66)51-35(22(5)6)43(69)53-36(23(7)8)44(70)54-19-9-10-28(54)45(71)72/h20-28,33-36H,9-19,46H2,1-8H3,(H,47,63)(H,48,64)(H,49,67)(H,50,65)(H,51,66)(H,52,68)(H,53,69)(H,55,56)(H,57,58)(H,59,60)(H,61,62)(H,71,72). The topological polar surface area (TPSA) is 437 Å². The Morgan fingerprint density at radius 2 is 0.722 bits per heavy atom. The Bertz CT molecular complexity index is 2000. The molecule has 9 unspecified atom stereocenters. The Labute approximate surface area is 416 Å². The first kappa shape index (κ1) is 63.1. The van der Waals surface area contributed by atoms with Gasteiger partial charge in [0.1, 0.15) is 48.3 Å². The molecule has 0 aromatic rings. The first-order valence-corrected chi connectivity index (χ1v) is 23.7. The van der Waals surface area contributed by atoms with E-state index < -0.39 is 200 Å². The number of carboxylic acids is 5. The van der Waals surface area contributed by atoms with Crippen molar-refractivity contribution in [3.05, 3.63) is 0 Å². The largest absolute Gasteiger partial charge is 0.481 e. The highest BCUT2D eigenvalue weighted by molar-refractivity contribution is 5.98. The number of nitrogens with zero attached hydrogens (tertiary/aromatic N) is 1. The number of amides is 8. The summed E-state index contributed by atoms with van der Waals surface area (Å²) in [5, 5.41) is 63.8. The number of nitrogens with two attached hydrogens (primary N) is 1. The lowest BCUT2D eigenvalue weighted by molar-refractivity contribution is -0.150. The molecule has 1 aliphatic rings. The van der Waals surface area contributed by atoms with Crippen LogP contribution in [0.4, 0.5) is 0 Å². The van der Waals surface area contributed by atoms with E-state index in [1.807, 2.05) is 0 Å². The first-order chi connectivity index (χ1) is 33.4. The second-order valence-electron chi connectivity index (χ2n) is 19.0. The van der Waals surface area contributed by atoms with Gasteiger partial charge in [-0.15, -0.1) is 0 Å². The van der Waals surface area contributed by atoms with Gasteiger partial charge in [-0.2, -0.15) is 0 Å². The maximum atomic E-state index is 13.9. The van der Waals surface area contributed by atoms with Gasteiger partial charge in [0, 0.05) is 32.2 Å². The van der Waals surface area contributed by atoms with E-state index in [2.05, 4.69) is 37.2 Å². The van der Waals surface area contributed by atoms with E-state index in [9.17, 15) is 82.8 Å². The number of nitrogens with one attached hydrogen (secondary N) is 7. The average Bonchev–Trinajstić information content (AvgIpc) is 3.78. The van der Waals surface area contributed by atoms with Gasteiger partial charge in [-0.05, 0) is 62.2 Å². The van der Waals surface area contributed by atoms with Crippen LogP contribution in [-0.2, 0) is 62.3 Å². The van der Waals surface area contributed by atoms with Crippen LogP contribution in [0.5, 0.6) is 0 Å². The van der Waals surface area contributed by atoms with Gasteiger partial charge in [-0.3, -0.25) is 57.5 Å². The SMILES string of the molecule is CC(C)C(NC(=O)C(CCC(=O)O)NC(=O)C(N)CCC(=O)O)C(=O)NC(C(=O)NC(CCC(=O)O)C(=O)NC(CCC(=O)O)C(=O)NC(C(=O)NC(C(=O)N1CCCC1C(=O)O)C(C)C)C(C)C)C(C)C. The Morgan fingerprint density at radius 1 is 0.431 bits per heavy atom. The molecule has 27 nitrogen and oxygen atoms in total. The van der Waals surface area contributed by atoms with E-state index in [1.165, 1.54) is 27.7 Å². The monoisotopic (exact) mass is 1030 g/mol. The number of carbonyl (C=O) groups excluding carboxylic acids is 8. The Hall–Kier alpha value is -6.93. The smallest absolute Gasteiger partial charge is 0.326 e. The second kappa shape index (κ2) is 30.1. The van der Waals surface area contributed by atoms with Gasteiger partial charge >= 0.3 is 29.8 Å². The van der Waals surface area contributed by atoms with E-state index in [-0.39, 0.29) is 19.4 Å². The number of hydrogen-bond donors (Lipinski definition) is 13. The van der Waals surface area contributed by atoms with Crippen LogP contribution in [0.15, 0.2) is 0 Å². The van der Waals surface area contributed by atoms with Crippen LogP contribution in [0.1, 0.15) is 120 Å². The molecule has 0 aromatic carbocycles. The molecule has 72 heavy (non-hydrogen) atoms. The van der Waals surface area contributed by atoms with Crippen molar-refractivity contribution in [2.24, 2.45) is 29.4 Å². The van der Waals surface area contributed by atoms with Crippen molar-refractivity contribution < 1.29 is 87.9 Å². The molecule has 1 fully saturated rings. The highest BCUT2D eigenvalue weighted by Crippen LogP contribution is 2.21. The molecular weight excluding hydrogens is 955 g/mol. The first-order valence-electron chi connectivity index (χ1n) is 23.7. The van der Waals surface area contributed by atoms with Crippen molar-refractivity contribution in [2.75, 3.05) is 6.54 Å². The van der Waals surface area contributed by atoms with Crippen molar-refractivity contribution in [3.8, 4) is 0 Å². The number of aliphatic carboxylic acids is 5. The second-order valence-corrected chi connectivity index (χ2v) is 19.0. The van der Waals surface area contributed by atoms with E-state index >= 15 is 0 Å². The van der Waals surface area contributed by atoms with E-state index in [1.54, 1.807) is 27.7 Å². The van der Waals surface area contributed by atoms with Crippen LogP contribution < -0.4 is 43.0 Å². The fourth-order valence-corrected chi connectivity index (χ4v) is 7.41. The van der Waals surface area contributed by atoms with Crippen molar-refractivity contribution in [1.29, 1.82) is 0 Å². The molecule has 0 saturated carbocycles. The van der Waals surface area contributed by atoms with Crippen molar-refractivity contribution >= 4 is 77.1 Å². The summed E-state index contributed by atoms with van der Waals surface area (Å²) in [6.45, 7) is 12.5. The molecule has 406 valence electrons. The zero-order valence-corrected chi connectivity index (χ0v) is 41.9. The molecule has 8 amide bonds. The van der Waals surface area contributed by atoms with Crippen LogP contribution in [0.2, 0.25) is 0 Å². The summed E-state index contributed by atoms with van der Waals surface area (Å²) < 4.78 is 0. The molecule has 14 N–H and O–H groups in total. The summed E-state index contributed by atoms with van der Waals surface area (Å²) in [4.78, 5) is 168. The lowest BCUT2D eigenvalue weighted by Crippen LogP contribution is -2.62. The van der Waals surface area contributed by atoms with Gasteiger partial charge in [0.05, 0.1) is 6.04 Å². The predicted octanol–water partition coefficient (Wildman–Crippen LogP) is -2.13. The highest BCUT2D eigenvalue weighted by Gasteiger charge is 2.41. The highest BCUT2D eigenvalue weighted by atomic mass is 16.4. The van der Waals surface area contributed by atoms with Gasteiger partial charge < -0.3 is 73.4 Å². The molecule has 1 heterocycles. The predicted molar refractivity (Wildman–Crippen MR) is 251 cm³/mol. The lowest BCUT2D eigenvalue weighted by atomic mass is 9.98. The minimum absolute atomic E-state index is 0.142. The van der Waals surface area contributed by atoms with Crippen molar-refractivity contribution in [3.63, 3.8) is 0 Å². The van der Waals surface area contributed by atoms with Gasteiger partial charge in [0.15, 0.2) is 0 Å². The normalized spacial score (nSPS) is 16.7. The molecule has 27 heteroatoms. The maximum Gasteiger partial charge on any atom is 0.326 e. The molecule has 0 aliphatic carbocycles. The molecule has 1 aliphatic heterocycles. The summed E-state index contributed by atoms with van der Waals surface area (Å²) in [7, 11) is 0. The third kappa shape index (κ3) is 21.2. The Morgan fingerprint density at radius 3 is 1.07 bits per heavy atom. The fraction of sp³-hybridized carbons (Fsp3) is 0.711. The molecule has 0 spiro atoms. The van der Waals surface area contributed by atoms with Crippen molar-refractivity contribution in [1.82, 2.24) is 42.1 Å². The van der Waals surface area contributed by atoms with E-state index in [4.69, 9.17) is 10.8 Å². The summed E-state index contributed by atoms with van der Waals surface area (Å²) in [6, 6.07) is -13.1. The molecule has 0 aromatic heterocycles. The number of likely N-dealkylation sites (tertiary alicyclic amines) is 1. The van der Waals surface area contributed by atoms with Gasteiger partial charge in [-0.25, -0.2) is 4.79 Å². The van der Waals surface area contributed by atoms with Crippen LogP contribution in [0, 0.1) is 23.7 Å². The van der Waals surface area contributed by atoms with Crippen LogP contribution in [0.3, 0.4) is 0 Å². The molecule has 0 radical (unpaired) electrons. The summed E-state index contributed by atoms with van der Waals surface area (Å²) in [6.07, 6.45) is -3.81. The maximum absolute atomic E-state index is 13.9. The quantitative estimate of drug-likeness (QED) is 0.0342. The zero-order valence-electron chi connectivity index (χ0n) is 41.9. The Balaban J connectivity index is 3.41. The van der Waals surface area contributed by atoms with Gasteiger partial charge in [0.25, 0.3) is 0 Å². The Kier molecular flexibility index (Phi) is 26.3. The number of hydrogen-bond acceptors (Lipinski definition) is 14. The van der Waals surface area contributed by atoms with E-state index in [0.717, 1.165) is 4.90 Å². The van der Waals surface area contributed by atoms with E-state index in [0.29, 0.717) is 6.42 Å². The molecule has 1 rings (SSSR count). The third-order valence-corrected chi connectivity index (χ3v) is 11.6. The molecule has 0 bridgehead atoms. The molecule has 9 atom stereocenters. The lowest BCUT2D eigenvalue weighted by Gasteiger charge is -2.32. The summed E-state index contributed by atoms with van der Waals surface area (Å²) >= 11 is 0. The number of rotatable bonds is 32. The average molecular weight is 1030 g/mol. The van der Waals surface area contributed by atoms with Crippen LogP contribution in [0.25, 0.3) is 0 Å². The zero-order chi connectivity index (χ0) is 55.3. The van der Waals surface area contributed by atoms with Gasteiger partial charge in [0.2, 0.25) is 47.3 Å². The summed E-state index contributed by atoms with van der Waals surface area (Å²) in [5.74, 6) is -17.0. The third-order valence-electron chi connectivity index (χ3n) is 11.6. The minimum atomic E-state index is -1.74. The van der Waals surface area contributed by atoms with Crippen LogP contribution in [-0.4, -0.2) is 168 Å². The number of carboxylic acid groups (broad SMARTS) is 5. The van der Waals surface area contributed by atoms with Gasteiger partial charge in [-0.1, -0.05) is 55.4 Å². The number of carbonyl (C=O) groups is 13. The fourth-order valence-electron chi connectivity index (χ4n) is 7.41. The summed E-state index contributed by atoms with van der Waals surface area (Å²) in [5.41, 5.74) is 5.76. The minimum Gasteiger partial charge on any atom is -0.481 e. The molecule has 1 saturated heterocycles.